The highest BCUT2D eigenvalue weighted by atomic mass is 16.2. The molecule has 0 aliphatic carbocycles. The second kappa shape index (κ2) is 7.30. The van der Waals surface area contributed by atoms with Gasteiger partial charge < -0.3 is 0 Å². The Labute approximate surface area is 175 Å². The third kappa shape index (κ3) is 3.30. The van der Waals surface area contributed by atoms with Gasteiger partial charge in [-0.15, -0.1) is 0 Å². The topological polar surface area (TPSA) is 70.5 Å². The van der Waals surface area contributed by atoms with Crippen LogP contribution < -0.4 is 10.6 Å². The van der Waals surface area contributed by atoms with Gasteiger partial charge in [0.15, 0.2) is 0 Å². The van der Waals surface area contributed by atoms with E-state index in [0.29, 0.717) is 28.2 Å². The van der Waals surface area contributed by atoms with E-state index in [0.717, 1.165) is 22.4 Å². The number of rotatable bonds is 3. The van der Waals surface area contributed by atoms with Gasteiger partial charge in [-0.25, -0.2) is 4.68 Å². The van der Waals surface area contributed by atoms with Gasteiger partial charge in [-0.05, 0) is 76.1 Å². The fourth-order valence-corrected chi connectivity index (χ4v) is 3.47. The smallest absolute Gasteiger partial charge is 0.280 e. The maximum Gasteiger partial charge on any atom is 0.280 e. The average molecular weight is 400 g/mol. The molecular weight excluding hydrogens is 376 g/mol. The molecule has 0 spiro atoms. The second-order valence-electron chi connectivity index (χ2n) is 7.76. The Morgan fingerprint density at radius 3 is 2.20 bits per heavy atom. The van der Waals surface area contributed by atoms with Crippen molar-refractivity contribution in [3.05, 3.63) is 86.3 Å². The Hall–Kier alpha value is -3.67. The maximum absolute atomic E-state index is 13.1. The summed E-state index contributed by atoms with van der Waals surface area (Å²) in [5.74, 6) is -0.238. The lowest BCUT2D eigenvalue weighted by atomic mass is 10.1. The van der Waals surface area contributed by atoms with Crippen LogP contribution in [0.25, 0.3) is 11.8 Å². The molecule has 1 aliphatic rings. The van der Waals surface area contributed by atoms with E-state index in [1.165, 1.54) is 9.69 Å². The van der Waals surface area contributed by atoms with E-state index in [1.807, 2.05) is 70.2 Å². The predicted octanol–water partition coefficient (Wildman–Crippen LogP) is 4.21. The molecule has 2 heterocycles. The molecule has 1 aromatic heterocycles. The highest BCUT2D eigenvalue weighted by molar-refractivity contribution is 6.32. The summed E-state index contributed by atoms with van der Waals surface area (Å²) in [4.78, 5) is 26.1. The van der Waals surface area contributed by atoms with Crippen molar-refractivity contribution in [2.24, 2.45) is 5.10 Å². The molecular formula is C24H24N4O2. The summed E-state index contributed by atoms with van der Waals surface area (Å²) in [7, 11) is 0. The monoisotopic (exact) mass is 400 g/mol. The van der Waals surface area contributed by atoms with Crippen LogP contribution in [0, 0.1) is 27.7 Å². The number of hydrazone groups is 1. The van der Waals surface area contributed by atoms with E-state index in [1.54, 1.807) is 13.0 Å². The van der Waals surface area contributed by atoms with Gasteiger partial charge in [0, 0.05) is 5.69 Å². The van der Waals surface area contributed by atoms with Gasteiger partial charge in [-0.2, -0.15) is 10.1 Å². The van der Waals surface area contributed by atoms with Crippen LogP contribution >= 0.6 is 0 Å². The largest absolute Gasteiger partial charge is 0.295 e. The Morgan fingerprint density at radius 1 is 0.867 bits per heavy atom. The molecule has 3 aromatic rings. The molecule has 2 aromatic carbocycles. The fourth-order valence-electron chi connectivity index (χ4n) is 3.47. The Morgan fingerprint density at radius 2 is 1.53 bits per heavy atom. The molecule has 0 atom stereocenters. The van der Waals surface area contributed by atoms with Gasteiger partial charge >= 0.3 is 0 Å². The molecule has 0 saturated heterocycles. The SMILES string of the molecule is CC1=NN(c2ccc(C)c(C)c2)C(=O)/C1=C/c1c(C)[nH]n(-c2ccc(C)cc2)c1=O. The Bertz CT molecular complexity index is 1270. The number of hydrogen-bond donors (Lipinski definition) is 1. The summed E-state index contributed by atoms with van der Waals surface area (Å²) in [5.41, 5.74) is 6.78. The standard InChI is InChI=1S/C24H24N4O2/c1-14-6-9-19(10-7-14)27-23(29)21(17(4)25-27)13-22-18(5)26-28(24(22)30)20-11-8-15(2)16(3)12-20/h6-13,25H,1-5H3/b22-13+. The molecule has 0 saturated carbocycles. The first-order chi connectivity index (χ1) is 14.3. The molecule has 30 heavy (non-hydrogen) atoms. The van der Waals surface area contributed by atoms with Crippen LogP contribution in [0.3, 0.4) is 0 Å². The summed E-state index contributed by atoms with van der Waals surface area (Å²) in [6.07, 6.45) is 1.64. The van der Waals surface area contributed by atoms with E-state index < -0.39 is 0 Å². The van der Waals surface area contributed by atoms with Gasteiger partial charge in [0.2, 0.25) is 0 Å². The summed E-state index contributed by atoms with van der Waals surface area (Å²) in [6.45, 7) is 9.64. The van der Waals surface area contributed by atoms with Crippen molar-refractivity contribution >= 4 is 23.4 Å². The molecule has 1 N–H and O–H groups in total. The van der Waals surface area contributed by atoms with Crippen LogP contribution in [0.2, 0.25) is 0 Å². The first-order valence-electron chi connectivity index (χ1n) is 9.84. The van der Waals surface area contributed by atoms with E-state index in [-0.39, 0.29) is 11.5 Å². The number of carbonyl (C=O) groups is 1. The van der Waals surface area contributed by atoms with Crippen LogP contribution in [0.15, 0.2) is 57.9 Å². The fraction of sp³-hybridized carbons (Fsp3) is 0.208. The van der Waals surface area contributed by atoms with Crippen molar-refractivity contribution in [3.8, 4) is 5.69 Å². The summed E-state index contributed by atoms with van der Waals surface area (Å²) in [6, 6.07) is 13.5. The molecule has 0 unspecified atom stereocenters. The lowest BCUT2D eigenvalue weighted by Gasteiger charge is -2.13. The van der Waals surface area contributed by atoms with E-state index in [9.17, 15) is 9.59 Å². The highest BCUT2D eigenvalue weighted by Crippen LogP contribution is 2.26. The summed E-state index contributed by atoms with van der Waals surface area (Å²) in [5, 5.41) is 8.94. The van der Waals surface area contributed by atoms with Crippen LogP contribution in [-0.4, -0.2) is 21.4 Å². The summed E-state index contributed by atoms with van der Waals surface area (Å²) >= 11 is 0. The predicted molar refractivity (Wildman–Crippen MR) is 120 cm³/mol. The quantitative estimate of drug-likeness (QED) is 0.669. The zero-order valence-corrected chi connectivity index (χ0v) is 17.8. The number of benzene rings is 2. The molecule has 0 radical (unpaired) electrons. The zero-order valence-electron chi connectivity index (χ0n) is 17.8. The molecule has 1 amide bonds. The number of anilines is 1. The minimum atomic E-state index is -0.238. The van der Waals surface area contributed by atoms with Crippen LogP contribution in [-0.2, 0) is 4.79 Å². The van der Waals surface area contributed by atoms with Gasteiger partial charge in [-0.3, -0.25) is 14.7 Å². The first kappa shape index (κ1) is 19.6. The van der Waals surface area contributed by atoms with Crippen molar-refractivity contribution in [2.45, 2.75) is 34.6 Å². The van der Waals surface area contributed by atoms with Gasteiger partial charge in [-0.1, -0.05) is 23.8 Å². The van der Waals surface area contributed by atoms with Crippen molar-refractivity contribution < 1.29 is 4.79 Å². The number of carbonyl (C=O) groups excluding carboxylic acids is 1. The molecule has 4 rings (SSSR count). The number of aromatic nitrogens is 2. The minimum Gasteiger partial charge on any atom is -0.295 e. The molecule has 6 nitrogen and oxygen atoms in total. The molecule has 152 valence electrons. The molecule has 0 bridgehead atoms. The van der Waals surface area contributed by atoms with Crippen LogP contribution in [0.5, 0.6) is 0 Å². The van der Waals surface area contributed by atoms with Crippen LogP contribution in [0.4, 0.5) is 5.69 Å². The highest BCUT2D eigenvalue weighted by Gasteiger charge is 2.29. The van der Waals surface area contributed by atoms with Gasteiger partial charge in [0.1, 0.15) is 0 Å². The number of nitrogens with zero attached hydrogens (tertiary/aromatic N) is 3. The van der Waals surface area contributed by atoms with Crippen molar-refractivity contribution in [1.29, 1.82) is 0 Å². The van der Waals surface area contributed by atoms with E-state index in [2.05, 4.69) is 10.2 Å². The summed E-state index contributed by atoms with van der Waals surface area (Å²) < 4.78 is 1.49. The lowest BCUT2D eigenvalue weighted by molar-refractivity contribution is -0.114. The normalized spacial score (nSPS) is 15.2. The lowest BCUT2D eigenvalue weighted by Crippen LogP contribution is -2.22. The van der Waals surface area contributed by atoms with Gasteiger partial charge in [0.25, 0.3) is 11.5 Å². The molecule has 6 heteroatoms. The van der Waals surface area contributed by atoms with Gasteiger partial charge in [0.05, 0.1) is 28.2 Å². The number of aromatic amines is 1. The second-order valence-corrected chi connectivity index (χ2v) is 7.76. The number of aryl methyl sites for hydroxylation is 4. The van der Waals surface area contributed by atoms with E-state index >= 15 is 0 Å². The molecule has 0 fully saturated rings. The average Bonchev–Trinajstić information content (AvgIpc) is 3.15. The van der Waals surface area contributed by atoms with Crippen molar-refractivity contribution in [3.63, 3.8) is 0 Å². The third-order valence-corrected chi connectivity index (χ3v) is 5.50. The maximum atomic E-state index is 13.1. The first-order valence-corrected chi connectivity index (χ1v) is 9.84. The number of hydrogen-bond acceptors (Lipinski definition) is 3. The number of nitrogens with one attached hydrogen (secondary N) is 1. The van der Waals surface area contributed by atoms with Crippen molar-refractivity contribution in [1.82, 2.24) is 9.78 Å². The Kier molecular flexibility index (Phi) is 4.78. The number of H-pyrrole nitrogens is 1. The molecule has 1 aliphatic heterocycles. The number of amides is 1. The van der Waals surface area contributed by atoms with Crippen LogP contribution in [0.1, 0.15) is 34.9 Å². The minimum absolute atomic E-state index is 0.200. The Balaban J connectivity index is 1.73. The third-order valence-electron chi connectivity index (χ3n) is 5.50. The van der Waals surface area contributed by atoms with Crippen molar-refractivity contribution in [2.75, 3.05) is 5.01 Å². The van der Waals surface area contributed by atoms with E-state index in [4.69, 9.17) is 0 Å². The zero-order chi connectivity index (χ0) is 21.6.